The fourth-order valence-corrected chi connectivity index (χ4v) is 3.37. The quantitative estimate of drug-likeness (QED) is 0.764. The number of aromatic nitrogens is 2. The van der Waals surface area contributed by atoms with E-state index in [0.717, 1.165) is 12.1 Å². The lowest BCUT2D eigenvalue weighted by Gasteiger charge is -2.35. The first-order valence-corrected chi connectivity index (χ1v) is 10.4. The minimum Gasteiger partial charge on any atom is -0.337 e. The number of hydrogen-bond acceptors (Lipinski definition) is 5. The monoisotopic (exact) mass is 410 g/mol. The van der Waals surface area contributed by atoms with Gasteiger partial charge in [0, 0.05) is 44.3 Å². The predicted molar refractivity (Wildman–Crippen MR) is 117 cm³/mol. The fourth-order valence-electron chi connectivity index (χ4n) is 3.37. The summed E-state index contributed by atoms with van der Waals surface area (Å²) >= 11 is 0. The Balaban J connectivity index is 1.55. The van der Waals surface area contributed by atoms with Gasteiger partial charge in [-0.15, -0.1) is 0 Å². The molecule has 3 rings (SSSR count). The Morgan fingerprint density at radius 2 is 1.67 bits per heavy atom. The summed E-state index contributed by atoms with van der Waals surface area (Å²) < 4.78 is 0. The van der Waals surface area contributed by atoms with Crippen molar-refractivity contribution in [3.05, 3.63) is 48.3 Å². The molecule has 0 bridgehead atoms. The van der Waals surface area contributed by atoms with Crippen LogP contribution < -0.4 is 15.5 Å². The summed E-state index contributed by atoms with van der Waals surface area (Å²) in [5, 5.41) is 5.82. The highest BCUT2D eigenvalue weighted by molar-refractivity contribution is 5.97. The molecule has 2 heterocycles. The van der Waals surface area contributed by atoms with Gasteiger partial charge < -0.3 is 20.4 Å². The van der Waals surface area contributed by atoms with Gasteiger partial charge in [-0.05, 0) is 36.1 Å². The van der Waals surface area contributed by atoms with Crippen LogP contribution in [0.4, 0.5) is 16.4 Å². The second-order valence-corrected chi connectivity index (χ2v) is 7.73. The van der Waals surface area contributed by atoms with Crippen molar-refractivity contribution in [1.29, 1.82) is 0 Å². The number of rotatable bonds is 6. The zero-order valence-corrected chi connectivity index (χ0v) is 17.8. The first kappa shape index (κ1) is 21.5. The standard InChI is InChI=1S/C22H30N6O2/c1-4-17-6-8-18(9-7-17)25-20(29)19(16(2)3)26-22(30)28-14-12-27(13-15-28)21-23-10-5-11-24-21/h5-11,16,19H,4,12-15H2,1-3H3,(H,25,29)(H,26,30)/t19-/m1/s1. The highest BCUT2D eigenvalue weighted by atomic mass is 16.2. The number of benzene rings is 1. The smallest absolute Gasteiger partial charge is 0.318 e. The Morgan fingerprint density at radius 3 is 2.23 bits per heavy atom. The van der Waals surface area contributed by atoms with E-state index < -0.39 is 6.04 Å². The van der Waals surface area contributed by atoms with Gasteiger partial charge in [-0.1, -0.05) is 32.9 Å². The van der Waals surface area contributed by atoms with Gasteiger partial charge in [0.15, 0.2) is 0 Å². The van der Waals surface area contributed by atoms with Crippen molar-refractivity contribution in [2.45, 2.75) is 33.2 Å². The van der Waals surface area contributed by atoms with Crippen LogP contribution in [0.5, 0.6) is 0 Å². The largest absolute Gasteiger partial charge is 0.337 e. The van der Waals surface area contributed by atoms with Crippen molar-refractivity contribution in [2.75, 3.05) is 36.4 Å². The molecule has 160 valence electrons. The van der Waals surface area contributed by atoms with Crippen LogP contribution >= 0.6 is 0 Å². The molecule has 8 heteroatoms. The maximum atomic E-state index is 12.8. The normalized spacial score (nSPS) is 15.1. The summed E-state index contributed by atoms with van der Waals surface area (Å²) in [6, 6.07) is 8.71. The molecule has 8 nitrogen and oxygen atoms in total. The van der Waals surface area contributed by atoms with Crippen molar-refractivity contribution in [2.24, 2.45) is 5.92 Å². The molecule has 0 spiro atoms. The van der Waals surface area contributed by atoms with Crippen molar-refractivity contribution in [1.82, 2.24) is 20.2 Å². The van der Waals surface area contributed by atoms with Crippen LogP contribution in [0.25, 0.3) is 0 Å². The lowest BCUT2D eigenvalue weighted by molar-refractivity contribution is -0.118. The SMILES string of the molecule is CCc1ccc(NC(=O)[C@H](NC(=O)N2CCN(c3ncccn3)CC2)C(C)C)cc1. The summed E-state index contributed by atoms with van der Waals surface area (Å²) in [7, 11) is 0. The third-order valence-electron chi connectivity index (χ3n) is 5.26. The van der Waals surface area contributed by atoms with E-state index in [0.29, 0.717) is 32.1 Å². The summed E-state index contributed by atoms with van der Waals surface area (Å²) in [5.74, 6) is 0.424. The van der Waals surface area contributed by atoms with Crippen LogP contribution in [0.3, 0.4) is 0 Å². The minimum atomic E-state index is -0.612. The molecule has 2 N–H and O–H groups in total. The molecule has 2 aromatic rings. The number of amides is 3. The van der Waals surface area contributed by atoms with E-state index in [2.05, 4.69) is 32.4 Å². The molecular formula is C22H30N6O2. The molecule has 1 aromatic heterocycles. The number of urea groups is 1. The molecule has 1 aromatic carbocycles. The van der Waals surface area contributed by atoms with Gasteiger partial charge in [-0.25, -0.2) is 14.8 Å². The van der Waals surface area contributed by atoms with E-state index in [1.807, 2.05) is 38.1 Å². The van der Waals surface area contributed by atoms with Crippen molar-refractivity contribution in [3.63, 3.8) is 0 Å². The average Bonchev–Trinajstić information content (AvgIpc) is 2.78. The Morgan fingerprint density at radius 1 is 1.03 bits per heavy atom. The van der Waals surface area contributed by atoms with E-state index >= 15 is 0 Å². The summed E-state index contributed by atoms with van der Waals surface area (Å²) in [6.45, 7) is 8.35. The first-order valence-electron chi connectivity index (χ1n) is 10.4. The number of nitrogens with zero attached hydrogens (tertiary/aromatic N) is 4. The van der Waals surface area contributed by atoms with Crippen LogP contribution in [0.1, 0.15) is 26.3 Å². The second kappa shape index (κ2) is 10.0. The molecule has 30 heavy (non-hydrogen) atoms. The number of aryl methyl sites for hydroxylation is 1. The zero-order valence-electron chi connectivity index (χ0n) is 17.8. The van der Waals surface area contributed by atoms with E-state index in [4.69, 9.17) is 0 Å². The molecule has 1 saturated heterocycles. The molecular weight excluding hydrogens is 380 g/mol. The molecule has 1 fully saturated rings. The summed E-state index contributed by atoms with van der Waals surface area (Å²) in [5.41, 5.74) is 1.94. The number of hydrogen-bond donors (Lipinski definition) is 2. The molecule has 0 radical (unpaired) electrons. The number of carbonyl (C=O) groups excluding carboxylic acids is 2. The second-order valence-electron chi connectivity index (χ2n) is 7.73. The molecule has 1 aliphatic heterocycles. The van der Waals surface area contributed by atoms with Gasteiger partial charge in [0.1, 0.15) is 6.04 Å². The third kappa shape index (κ3) is 5.46. The van der Waals surface area contributed by atoms with E-state index in [-0.39, 0.29) is 17.9 Å². The number of anilines is 2. The van der Waals surface area contributed by atoms with Crippen LogP contribution in [-0.4, -0.2) is 59.0 Å². The van der Waals surface area contributed by atoms with Crippen LogP contribution in [0.2, 0.25) is 0 Å². The molecule has 0 aliphatic carbocycles. The molecule has 3 amide bonds. The molecule has 1 aliphatic rings. The Labute approximate surface area is 177 Å². The summed E-state index contributed by atoms with van der Waals surface area (Å²) in [4.78, 5) is 37.9. The van der Waals surface area contributed by atoms with Crippen LogP contribution in [0, 0.1) is 5.92 Å². The Bertz CT molecular complexity index is 832. The van der Waals surface area contributed by atoms with Gasteiger partial charge >= 0.3 is 6.03 Å². The Hall–Kier alpha value is -3.16. The highest BCUT2D eigenvalue weighted by Crippen LogP contribution is 2.14. The maximum absolute atomic E-state index is 12.8. The van der Waals surface area contributed by atoms with Crippen molar-refractivity contribution >= 4 is 23.6 Å². The predicted octanol–water partition coefficient (Wildman–Crippen LogP) is 2.53. The van der Waals surface area contributed by atoms with Gasteiger partial charge in [0.2, 0.25) is 11.9 Å². The topological polar surface area (TPSA) is 90.5 Å². The minimum absolute atomic E-state index is 0.0390. The van der Waals surface area contributed by atoms with E-state index in [1.54, 1.807) is 23.4 Å². The first-order chi connectivity index (χ1) is 14.5. The van der Waals surface area contributed by atoms with Crippen LogP contribution in [0.15, 0.2) is 42.7 Å². The molecule has 0 saturated carbocycles. The van der Waals surface area contributed by atoms with Gasteiger partial charge in [0.05, 0.1) is 0 Å². The van der Waals surface area contributed by atoms with Gasteiger partial charge in [-0.3, -0.25) is 4.79 Å². The summed E-state index contributed by atoms with van der Waals surface area (Å²) in [6.07, 6.45) is 4.37. The molecule has 1 atom stereocenters. The lowest BCUT2D eigenvalue weighted by Crippen LogP contribution is -2.56. The lowest BCUT2D eigenvalue weighted by atomic mass is 10.0. The molecule has 0 unspecified atom stereocenters. The van der Waals surface area contributed by atoms with E-state index in [9.17, 15) is 9.59 Å². The average molecular weight is 411 g/mol. The maximum Gasteiger partial charge on any atom is 0.318 e. The number of carbonyl (C=O) groups is 2. The van der Waals surface area contributed by atoms with Crippen LogP contribution in [-0.2, 0) is 11.2 Å². The third-order valence-corrected chi connectivity index (χ3v) is 5.26. The van der Waals surface area contributed by atoms with E-state index in [1.165, 1.54) is 5.56 Å². The fraction of sp³-hybridized carbons (Fsp3) is 0.455. The number of piperazine rings is 1. The van der Waals surface area contributed by atoms with Gasteiger partial charge in [-0.2, -0.15) is 0 Å². The van der Waals surface area contributed by atoms with Crippen molar-refractivity contribution < 1.29 is 9.59 Å². The number of nitrogens with one attached hydrogen (secondary N) is 2. The van der Waals surface area contributed by atoms with Crippen molar-refractivity contribution in [3.8, 4) is 0 Å². The zero-order chi connectivity index (χ0) is 21.5. The highest BCUT2D eigenvalue weighted by Gasteiger charge is 2.28. The Kier molecular flexibility index (Phi) is 7.21. The van der Waals surface area contributed by atoms with Gasteiger partial charge in [0.25, 0.3) is 0 Å².